The summed E-state index contributed by atoms with van der Waals surface area (Å²) in [5.41, 5.74) is -0.180. The zero-order chi connectivity index (χ0) is 8.15. The van der Waals surface area contributed by atoms with Gasteiger partial charge in [0, 0.05) is 10.1 Å². The second-order valence-electron chi connectivity index (χ2n) is 1.58. The summed E-state index contributed by atoms with van der Waals surface area (Å²) in [6, 6.07) is 0. The number of hydrogen-bond donors (Lipinski definition) is 0. The molecule has 3 heteroatoms. The van der Waals surface area contributed by atoms with Crippen molar-refractivity contribution < 1.29 is 9.18 Å². The molecule has 54 valence electrons. The van der Waals surface area contributed by atoms with Gasteiger partial charge in [0.05, 0.1) is 0 Å². The molecule has 0 aromatic rings. The van der Waals surface area contributed by atoms with Gasteiger partial charge in [0.2, 0.25) is 0 Å². The maximum Gasteiger partial charge on any atom is 0.152 e. The van der Waals surface area contributed by atoms with Crippen molar-refractivity contribution >= 4 is 22.2 Å². The van der Waals surface area contributed by atoms with Crippen LogP contribution in [0.3, 0.4) is 0 Å². The first kappa shape index (κ1) is 9.30. The molecule has 0 unspecified atom stereocenters. The second-order valence-corrected chi connectivity index (χ2v) is 2.60. The third-order valence-electron chi connectivity index (χ3n) is 0.732. The summed E-state index contributed by atoms with van der Waals surface area (Å²) in [6.07, 6.45) is 1.43. The molecular formula is C7H6BrFO. The maximum absolute atomic E-state index is 12.5. The lowest BCUT2D eigenvalue weighted by molar-refractivity contribution is -0.104. The third-order valence-corrected chi connectivity index (χ3v) is 0.961. The van der Waals surface area contributed by atoms with Crippen LogP contribution in [-0.4, -0.2) is 6.29 Å². The first-order valence-electron chi connectivity index (χ1n) is 2.44. The minimum absolute atomic E-state index is 0.180. The Kier molecular flexibility index (Phi) is 3.88. The van der Waals surface area contributed by atoms with Gasteiger partial charge in [-0.2, -0.15) is 0 Å². The minimum atomic E-state index is -0.670. The van der Waals surface area contributed by atoms with Gasteiger partial charge in [-0.05, 0) is 6.08 Å². The van der Waals surface area contributed by atoms with Crippen LogP contribution in [0.25, 0.3) is 0 Å². The minimum Gasteiger partial charge on any atom is -0.298 e. The van der Waals surface area contributed by atoms with Crippen molar-refractivity contribution in [2.45, 2.75) is 0 Å². The van der Waals surface area contributed by atoms with Gasteiger partial charge in [0.15, 0.2) is 6.29 Å². The molecule has 0 aliphatic carbocycles. The maximum atomic E-state index is 12.5. The lowest BCUT2D eigenvalue weighted by atomic mass is 10.3. The molecule has 0 fully saturated rings. The molecule has 0 bridgehead atoms. The van der Waals surface area contributed by atoms with Crippen molar-refractivity contribution in [2.75, 3.05) is 0 Å². The fourth-order valence-electron chi connectivity index (χ4n) is 0.286. The highest BCUT2D eigenvalue weighted by Crippen LogP contribution is 2.12. The summed E-state index contributed by atoms with van der Waals surface area (Å²) < 4.78 is 12.9. The highest BCUT2D eigenvalue weighted by Gasteiger charge is 1.97. The number of hydrogen-bond acceptors (Lipinski definition) is 1. The van der Waals surface area contributed by atoms with Crippen LogP contribution in [0.15, 0.2) is 35.1 Å². The normalized spacial score (nSPS) is 10.8. The van der Waals surface area contributed by atoms with Crippen LogP contribution >= 0.6 is 15.9 Å². The second kappa shape index (κ2) is 4.17. The van der Waals surface area contributed by atoms with Crippen molar-refractivity contribution in [1.29, 1.82) is 0 Å². The van der Waals surface area contributed by atoms with E-state index in [0.717, 1.165) is 6.08 Å². The molecule has 0 aromatic heterocycles. The Bertz CT molecular complexity index is 206. The average molecular weight is 205 g/mol. The van der Waals surface area contributed by atoms with Crippen molar-refractivity contribution in [2.24, 2.45) is 0 Å². The Labute approximate surface area is 67.1 Å². The van der Waals surface area contributed by atoms with E-state index in [4.69, 9.17) is 0 Å². The Hall–Kier alpha value is -0.700. The van der Waals surface area contributed by atoms with Gasteiger partial charge in [0.1, 0.15) is 5.83 Å². The summed E-state index contributed by atoms with van der Waals surface area (Å²) in [6.45, 7) is 6.51. The van der Waals surface area contributed by atoms with E-state index >= 15 is 0 Å². The Morgan fingerprint density at radius 3 is 2.30 bits per heavy atom. The molecule has 0 N–H and O–H groups in total. The summed E-state index contributed by atoms with van der Waals surface area (Å²) in [5.74, 6) is -0.670. The van der Waals surface area contributed by atoms with Crippen LogP contribution in [-0.2, 0) is 4.79 Å². The zero-order valence-electron chi connectivity index (χ0n) is 5.23. The van der Waals surface area contributed by atoms with Gasteiger partial charge in [-0.25, -0.2) is 4.39 Å². The Morgan fingerprint density at radius 2 is 2.00 bits per heavy atom. The quantitative estimate of drug-likeness (QED) is 0.393. The van der Waals surface area contributed by atoms with E-state index < -0.39 is 5.83 Å². The van der Waals surface area contributed by atoms with Gasteiger partial charge in [-0.3, -0.25) is 4.79 Å². The van der Waals surface area contributed by atoms with E-state index in [-0.39, 0.29) is 5.57 Å². The molecule has 0 aromatic carbocycles. The van der Waals surface area contributed by atoms with Gasteiger partial charge in [-0.1, -0.05) is 29.1 Å². The number of rotatable bonds is 3. The molecule has 0 saturated heterocycles. The SMILES string of the molecule is C=C(Br)/C=C(/F)C(=C)C=O. The van der Waals surface area contributed by atoms with Crippen molar-refractivity contribution in [3.8, 4) is 0 Å². The third kappa shape index (κ3) is 3.35. The predicted octanol–water partition coefficient (Wildman–Crippen LogP) is 2.50. The van der Waals surface area contributed by atoms with Crippen LogP contribution < -0.4 is 0 Å². The smallest absolute Gasteiger partial charge is 0.152 e. The summed E-state index contributed by atoms with van der Waals surface area (Å²) in [7, 11) is 0. The first-order chi connectivity index (χ1) is 4.57. The average Bonchev–Trinajstić information content (AvgIpc) is 1.85. The monoisotopic (exact) mass is 204 g/mol. The summed E-state index contributed by atoms with van der Waals surface area (Å²) >= 11 is 2.90. The molecular weight excluding hydrogens is 199 g/mol. The van der Waals surface area contributed by atoms with E-state index in [1.807, 2.05) is 0 Å². The number of carbonyl (C=O) groups is 1. The van der Waals surface area contributed by atoms with Crippen LogP contribution in [0.2, 0.25) is 0 Å². The molecule has 0 amide bonds. The van der Waals surface area contributed by atoms with E-state index in [1.54, 1.807) is 0 Å². The number of carbonyl (C=O) groups excluding carboxylic acids is 1. The molecule has 0 aliphatic heterocycles. The van der Waals surface area contributed by atoms with E-state index in [9.17, 15) is 9.18 Å². The topological polar surface area (TPSA) is 17.1 Å². The Morgan fingerprint density at radius 1 is 1.50 bits per heavy atom. The van der Waals surface area contributed by atoms with Crippen molar-refractivity contribution in [1.82, 2.24) is 0 Å². The van der Waals surface area contributed by atoms with Gasteiger partial charge >= 0.3 is 0 Å². The molecule has 0 radical (unpaired) electrons. The van der Waals surface area contributed by atoms with E-state index in [0.29, 0.717) is 10.8 Å². The van der Waals surface area contributed by atoms with Crippen molar-refractivity contribution in [3.63, 3.8) is 0 Å². The van der Waals surface area contributed by atoms with Crippen LogP contribution in [0.5, 0.6) is 0 Å². The van der Waals surface area contributed by atoms with Crippen molar-refractivity contribution in [3.05, 3.63) is 35.1 Å². The summed E-state index contributed by atoms with van der Waals surface area (Å²) in [5, 5.41) is 0. The van der Waals surface area contributed by atoms with E-state index in [1.165, 1.54) is 0 Å². The van der Waals surface area contributed by atoms with Crippen LogP contribution in [0.4, 0.5) is 4.39 Å². The molecule has 1 nitrogen and oxygen atoms in total. The first-order valence-corrected chi connectivity index (χ1v) is 3.23. The van der Waals surface area contributed by atoms with Gasteiger partial charge in [-0.15, -0.1) is 0 Å². The molecule has 0 spiro atoms. The summed E-state index contributed by atoms with van der Waals surface area (Å²) in [4.78, 5) is 9.90. The predicted molar refractivity (Wildman–Crippen MR) is 42.5 cm³/mol. The largest absolute Gasteiger partial charge is 0.298 e. The molecule has 10 heavy (non-hydrogen) atoms. The number of halogens is 2. The highest BCUT2D eigenvalue weighted by molar-refractivity contribution is 9.11. The fraction of sp³-hybridized carbons (Fsp3) is 0. The van der Waals surface area contributed by atoms with Crippen LogP contribution in [0, 0.1) is 0 Å². The molecule has 0 aliphatic rings. The van der Waals surface area contributed by atoms with Gasteiger partial charge < -0.3 is 0 Å². The molecule has 0 atom stereocenters. The fourth-order valence-corrected chi connectivity index (χ4v) is 0.487. The van der Waals surface area contributed by atoms with E-state index in [2.05, 4.69) is 29.1 Å². The van der Waals surface area contributed by atoms with Crippen LogP contribution in [0.1, 0.15) is 0 Å². The lowest BCUT2D eigenvalue weighted by Crippen LogP contribution is -1.81. The highest BCUT2D eigenvalue weighted by atomic mass is 79.9. The zero-order valence-corrected chi connectivity index (χ0v) is 6.82. The van der Waals surface area contributed by atoms with Gasteiger partial charge in [0.25, 0.3) is 0 Å². The molecule has 0 rings (SSSR count). The number of allylic oxidation sites excluding steroid dienone is 4. The Balaban J connectivity index is 4.33. The number of aldehydes is 1. The molecule has 0 saturated carbocycles. The molecule has 0 heterocycles. The standard InChI is InChI=1S/C7H6BrFO/c1-5(4-10)7(9)3-6(2)8/h3-4H,1-2H2/b7-3+. The lowest BCUT2D eigenvalue weighted by Gasteiger charge is -1.89.